The summed E-state index contributed by atoms with van der Waals surface area (Å²) < 4.78 is 29.5. The molecule has 2 rings (SSSR count). The fraction of sp³-hybridized carbons (Fsp3) is 0.562. The maximum absolute atomic E-state index is 12.2. The van der Waals surface area contributed by atoms with E-state index in [0.717, 1.165) is 18.4 Å². The lowest BCUT2D eigenvalue weighted by Crippen LogP contribution is -2.40. The van der Waals surface area contributed by atoms with Crippen molar-refractivity contribution in [2.45, 2.75) is 51.2 Å². The molecule has 0 aromatic heterocycles. The molecular formula is C16H22F2N2O3. The number of carbonyl (C=O) groups excluding carboxylic acids is 1. The van der Waals surface area contributed by atoms with E-state index in [1.165, 1.54) is 6.07 Å². The summed E-state index contributed by atoms with van der Waals surface area (Å²) in [6.07, 6.45) is 0.0253. The highest BCUT2D eigenvalue weighted by molar-refractivity contribution is 5.89. The first-order valence-electron chi connectivity index (χ1n) is 7.71. The van der Waals surface area contributed by atoms with Gasteiger partial charge in [0.25, 0.3) is 6.43 Å². The Morgan fingerprint density at radius 1 is 1.35 bits per heavy atom. The van der Waals surface area contributed by atoms with Gasteiger partial charge in [0.05, 0.1) is 6.10 Å². The summed E-state index contributed by atoms with van der Waals surface area (Å²) in [6, 6.07) is 4.61. The minimum atomic E-state index is -2.55. The van der Waals surface area contributed by atoms with E-state index in [-0.39, 0.29) is 18.2 Å². The molecule has 0 heterocycles. The highest BCUT2D eigenvalue weighted by atomic mass is 19.3. The first-order chi connectivity index (χ1) is 10.9. The summed E-state index contributed by atoms with van der Waals surface area (Å²) in [7, 11) is 0. The largest absolute Gasteiger partial charge is 0.487 e. The third-order valence-electron chi connectivity index (χ3n) is 3.84. The van der Waals surface area contributed by atoms with Crippen LogP contribution < -0.4 is 15.4 Å². The first-order valence-corrected chi connectivity index (χ1v) is 7.71. The molecule has 1 fully saturated rings. The number of ether oxygens (including phenoxy) is 1. The highest BCUT2D eigenvalue weighted by Crippen LogP contribution is 2.23. The van der Waals surface area contributed by atoms with Crippen LogP contribution in [0.15, 0.2) is 18.2 Å². The monoisotopic (exact) mass is 328 g/mol. The lowest BCUT2D eigenvalue weighted by molar-refractivity contribution is 0.0816. The van der Waals surface area contributed by atoms with Crippen molar-refractivity contribution >= 4 is 11.7 Å². The number of urea groups is 1. The first kappa shape index (κ1) is 17.5. The van der Waals surface area contributed by atoms with Gasteiger partial charge < -0.3 is 20.5 Å². The summed E-state index contributed by atoms with van der Waals surface area (Å²) in [4.78, 5) is 12.0. The Hall–Kier alpha value is -1.89. The predicted molar refractivity (Wildman–Crippen MR) is 83.1 cm³/mol. The number of hydrogen-bond donors (Lipinski definition) is 3. The second-order valence-electron chi connectivity index (χ2n) is 5.79. The minimum absolute atomic E-state index is 0.0402. The lowest BCUT2D eigenvalue weighted by atomic mass is 9.93. The van der Waals surface area contributed by atoms with Gasteiger partial charge in [0.1, 0.15) is 12.4 Å². The number of benzene rings is 1. The third-order valence-corrected chi connectivity index (χ3v) is 3.84. The number of hydrogen-bond acceptors (Lipinski definition) is 3. The van der Waals surface area contributed by atoms with E-state index >= 15 is 0 Å². The molecule has 0 unspecified atom stereocenters. The number of anilines is 1. The molecule has 0 radical (unpaired) electrons. The number of aryl methyl sites for hydroxylation is 1. The molecule has 0 bridgehead atoms. The normalized spacial score (nSPS) is 21.1. The summed E-state index contributed by atoms with van der Waals surface area (Å²) in [5.41, 5.74) is 1.20. The second kappa shape index (κ2) is 8.10. The van der Waals surface area contributed by atoms with Crippen molar-refractivity contribution in [1.29, 1.82) is 0 Å². The van der Waals surface area contributed by atoms with Crippen LogP contribution in [0.2, 0.25) is 0 Å². The third kappa shape index (κ3) is 5.67. The van der Waals surface area contributed by atoms with E-state index in [9.17, 15) is 18.7 Å². The number of halogens is 2. The Bertz CT molecular complexity index is 532. The molecule has 0 spiro atoms. The van der Waals surface area contributed by atoms with Gasteiger partial charge in [-0.15, -0.1) is 0 Å². The van der Waals surface area contributed by atoms with Gasteiger partial charge in [-0.05, 0) is 44.2 Å². The number of amides is 2. The van der Waals surface area contributed by atoms with Crippen molar-refractivity contribution in [3.8, 4) is 5.75 Å². The maximum Gasteiger partial charge on any atom is 0.319 e. The quantitative estimate of drug-likeness (QED) is 0.778. The van der Waals surface area contributed by atoms with E-state index < -0.39 is 13.0 Å². The summed E-state index contributed by atoms with van der Waals surface area (Å²) in [5.74, 6) is 0.323. The Morgan fingerprint density at radius 2 is 2.04 bits per heavy atom. The van der Waals surface area contributed by atoms with Crippen LogP contribution in [-0.4, -0.2) is 36.3 Å². The molecule has 23 heavy (non-hydrogen) atoms. The molecule has 1 aromatic carbocycles. The number of aliphatic hydroxyl groups is 1. The molecule has 128 valence electrons. The van der Waals surface area contributed by atoms with E-state index in [1.54, 1.807) is 19.1 Å². The SMILES string of the molecule is Cc1ccc(NC(=O)NC2CCC(O)CC2)cc1OCC(F)F. The number of carbonyl (C=O) groups is 1. The van der Waals surface area contributed by atoms with Gasteiger partial charge in [0, 0.05) is 17.8 Å². The van der Waals surface area contributed by atoms with Crippen LogP contribution >= 0.6 is 0 Å². The molecule has 0 saturated heterocycles. The molecule has 1 aliphatic rings. The number of aliphatic hydroxyl groups excluding tert-OH is 1. The van der Waals surface area contributed by atoms with E-state index in [4.69, 9.17) is 4.74 Å². The van der Waals surface area contributed by atoms with Crippen molar-refractivity contribution in [3.05, 3.63) is 23.8 Å². The highest BCUT2D eigenvalue weighted by Gasteiger charge is 2.20. The Labute approximate surface area is 134 Å². The van der Waals surface area contributed by atoms with Crippen molar-refractivity contribution in [3.63, 3.8) is 0 Å². The van der Waals surface area contributed by atoms with Gasteiger partial charge in [0.15, 0.2) is 0 Å². The van der Waals surface area contributed by atoms with E-state index in [2.05, 4.69) is 10.6 Å². The fourth-order valence-electron chi connectivity index (χ4n) is 2.56. The van der Waals surface area contributed by atoms with E-state index in [1.807, 2.05) is 0 Å². The molecular weight excluding hydrogens is 306 g/mol. The predicted octanol–water partition coefficient (Wildman–Crippen LogP) is 3.06. The van der Waals surface area contributed by atoms with Gasteiger partial charge in [-0.2, -0.15) is 0 Å². The molecule has 1 aliphatic carbocycles. The molecule has 1 saturated carbocycles. The van der Waals surface area contributed by atoms with Crippen molar-refractivity contribution in [1.82, 2.24) is 5.32 Å². The average Bonchev–Trinajstić information content (AvgIpc) is 2.50. The van der Waals surface area contributed by atoms with Gasteiger partial charge in [-0.3, -0.25) is 0 Å². The van der Waals surface area contributed by atoms with Gasteiger partial charge >= 0.3 is 6.03 Å². The van der Waals surface area contributed by atoms with Crippen LogP contribution in [0.5, 0.6) is 5.75 Å². The maximum atomic E-state index is 12.2. The van der Waals surface area contributed by atoms with Crippen LogP contribution in [0.3, 0.4) is 0 Å². The van der Waals surface area contributed by atoms with Crippen LogP contribution in [0.25, 0.3) is 0 Å². The number of rotatable bonds is 5. The van der Waals surface area contributed by atoms with Crippen LogP contribution in [-0.2, 0) is 0 Å². The summed E-state index contributed by atoms with van der Waals surface area (Å²) in [5, 5.41) is 15.0. The standard InChI is InChI=1S/C16H22F2N2O3/c1-10-2-3-12(8-14(10)23-9-15(17)18)20-16(22)19-11-4-6-13(21)7-5-11/h2-3,8,11,13,15,21H,4-7,9H2,1H3,(H2,19,20,22). The Morgan fingerprint density at radius 3 is 2.70 bits per heavy atom. The minimum Gasteiger partial charge on any atom is -0.487 e. The van der Waals surface area contributed by atoms with Crippen LogP contribution in [0.4, 0.5) is 19.3 Å². The Balaban J connectivity index is 1.88. The molecule has 2 amide bonds. The zero-order valence-electron chi connectivity index (χ0n) is 13.0. The van der Waals surface area contributed by atoms with Gasteiger partial charge in [-0.25, -0.2) is 13.6 Å². The molecule has 1 aromatic rings. The van der Waals surface area contributed by atoms with E-state index in [0.29, 0.717) is 24.3 Å². The number of alkyl halides is 2. The van der Waals surface area contributed by atoms with Gasteiger partial charge in [0.2, 0.25) is 0 Å². The Kier molecular flexibility index (Phi) is 6.15. The zero-order chi connectivity index (χ0) is 16.8. The van der Waals surface area contributed by atoms with Crippen molar-refractivity contribution in [2.24, 2.45) is 0 Å². The van der Waals surface area contributed by atoms with Crippen molar-refractivity contribution < 1.29 is 23.4 Å². The van der Waals surface area contributed by atoms with Crippen molar-refractivity contribution in [2.75, 3.05) is 11.9 Å². The second-order valence-corrected chi connectivity index (χ2v) is 5.79. The topological polar surface area (TPSA) is 70.6 Å². The zero-order valence-corrected chi connectivity index (χ0v) is 13.0. The van der Waals surface area contributed by atoms with Crippen LogP contribution in [0.1, 0.15) is 31.2 Å². The summed E-state index contributed by atoms with van der Waals surface area (Å²) >= 11 is 0. The van der Waals surface area contributed by atoms with Gasteiger partial charge in [-0.1, -0.05) is 6.07 Å². The fourth-order valence-corrected chi connectivity index (χ4v) is 2.56. The smallest absolute Gasteiger partial charge is 0.319 e. The molecule has 7 heteroatoms. The molecule has 3 N–H and O–H groups in total. The molecule has 5 nitrogen and oxygen atoms in total. The van der Waals surface area contributed by atoms with Crippen LogP contribution in [0, 0.1) is 6.92 Å². The number of nitrogens with one attached hydrogen (secondary N) is 2. The summed E-state index contributed by atoms with van der Waals surface area (Å²) in [6.45, 7) is 1.07. The average molecular weight is 328 g/mol. The molecule has 0 aliphatic heterocycles. The lowest BCUT2D eigenvalue weighted by Gasteiger charge is -2.26. The molecule has 0 atom stereocenters.